The van der Waals surface area contributed by atoms with Crippen LogP contribution in [0.3, 0.4) is 0 Å². The quantitative estimate of drug-likeness (QED) is 0.142. The van der Waals surface area contributed by atoms with Crippen molar-refractivity contribution < 1.29 is 36.2 Å². The standard InChI is InChI=1S/C98H71BN4O2/c1-97(2,3)64-54-74(60-28-11-7-12-29-60)93(75(55-64)61-30-13-8-14-31-61)102-84-42-27-43-85-92(84)99(78-50-46-66(58-86(78)102)100-80-40-23-19-38-72(80)90-82(100)52-48-70-68-36-21-25-44-88(68)104-95(70)90)79-51-47-67(101-81-41-24-20-39-73(81)91-83(101)53-49-71-69-37-22-26-45-89(69)105-96(71)91)59-87(79)103(85)94-76(62-32-15-9-16-33-62)56-65(98(4,5)6)57-77(94)63-34-17-10-18-35-63/h7-59H,1-6H3/i7D,8D,9D,10D,11D,12D,13D,14D,15D,16D,17D,18D,28D,29D,30D,31D,32D,33D,34D,35D. The molecule has 0 bridgehead atoms. The number of rotatable bonds is 8. The molecule has 0 radical (unpaired) electrons. The molecule has 6 heterocycles. The van der Waals surface area contributed by atoms with Gasteiger partial charge in [0.05, 0.1) is 71.6 Å². The molecule has 0 amide bonds. The zero-order valence-electron chi connectivity index (χ0n) is 77.7. The van der Waals surface area contributed by atoms with Gasteiger partial charge in [0, 0.05) is 88.7 Å². The summed E-state index contributed by atoms with van der Waals surface area (Å²) in [6, 6.07) is 51.2. The SMILES string of the molecule is [2H]c1c([2H])c([2H])c(-c2cc(C(C)(C)C)cc(-c3c([2H])c([2H])c([2H])c([2H])c3[2H])c2N2c3cc(-n4c5ccccc5c5c6oc7ccccc7c6ccc54)ccc3B3c4ccc(-n5c6ccccc6c6c7oc8ccccc8c7ccc65)cc4N(c4c(-c5c([2H])c([2H])c([2H])c([2H])c5[2H])cc(C(C)(C)C)cc4-c4c([2H])c([2H])c([2H])c([2H])c4[2H])c4cccc2c43)c([2H])c1[2H]. The molecule has 105 heavy (non-hydrogen) atoms. The topological polar surface area (TPSA) is 42.6 Å². The van der Waals surface area contributed by atoms with Gasteiger partial charge in [0.15, 0.2) is 0 Å². The van der Waals surface area contributed by atoms with Gasteiger partial charge in [0.25, 0.3) is 6.71 Å². The number of para-hydroxylation sites is 4. The third kappa shape index (κ3) is 9.17. The van der Waals surface area contributed by atoms with Crippen molar-refractivity contribution in [3.05, 3.63) is 332 Å². The zero-order valence-corrected chi connectivity index (χ0v) is 57.7. The van der Waals surface area contributed by atoms with Crippen molar-refractivity contribution in [1.82, 2.24) is 9.13 Å². The van der Waals surface area contributed by atoms with E-state index in [0.717, 1.165) is 65.2 Å². The summed E-state index contributed by atoms with van der Waals surface area (Å²) in [7, 11) is 0. The number of nitrogens with zero attached hydrogens (tertiary/aromatic N) is 4. The van der Waals surface area contributed by atoms with Gasteiger partial charge in [-0.25, -0.2) is 0 Å². The molecule has 0 fully saturated rings. The second kappa shape index (κ2) is 22.8. The molecule has 21 rings (SSSR count). The lowest BCUT2D eigenvalue weighted by Gasteiger charge is -2.46. The summed E-state index contributed by atoms with van der Waals surface area (Å²) in [4.78, 5) is 3.75. The van der Waals surface area contributed by atoms with Crippen molar-refractivity contribution in [2.45, 2.75) is 52.4 Å². The van der Waals surface area contributed by atoms with Crippen LogP contribution in [0.15, 0.2) is 330 Å². The van der Waals surface area contributed by atoms with Gasteiger partial charge in [-0.05, 0) is 170 Å². The first-order valence-electron chi connectivity index (χ1n) is 45.0. The van der Waals surface area contributed by atoms with Crippen LogP contribution in [-0.2, 0) is 10.8 Å². The maximum Gasteiger partial charge on any atom is 0.252 e. The minimum absolute atomic E-state index is 0.00121. The minimum atomic E-state index is -0.951. The molecule has 4 aromatic heterocycles. The van der Waals surface area contributed by atoms with E-state index in [-0.39, 0.29) is 55.9 Å². The van der Waals surface area contributed by atoms with E-state index < -0.39 is 138 Å². The fourth-order valence-electron chi connectivity index (χ4n) is 16.6. The van der Waals surface area contributed by atoms with Gasteiger partial charge in [-0.15, -0.1) is 0 Å². The highest BCUT2D eigenvalue weighted by Crippen LogP contribution is 2.55. The van der Waals surface area contributed by atoms with Crippen LogP contribution in [0.5, 0.6) is 0 Å². The predicted octanol–water partition coefficient (Wildman–Crippen LogP) is 25.0. The van der Waals surface area contributed by atoms with Crippen molar-refractivity contribution in [2.75, 3.05) is 9.80 Å². The molecule has 19 aromatic rings. The third-order valence-corrected chi connectivity index (χ3v) is 21.3. The third-order valence-electron chi connectivity index (χ3n) is 21.3. The zero-order chi connectivity index (χ0) is 87.5. The highest BCUT2D eigenvalue weighted by atomic mass is 16.3. The number of anilines is 6. The van der Waals surface area contributed by atoms with Gasteiger partial charge >= 0.3 is 0 Å². The van der Waals surface area contributed by atoms with E-state index in [4.69, 9.17) is 14.3 Å². The smallest absolute Gasteiger partial charge is 0.252 e. The van der Waals surface area contributed by atoms with Crippen molar-refractivity contribution >= 4 is 145 Å². The maximum absolute atomic E-state index is 10.1. The second-order valence-corrected chi connectivity index (χ2v) is 29.2. The van der Waals surface area contributed by atoms with E-state index in [1.165, 1.54) is 0 Å². The Morgan fingerprint density at radius 1 is 0.314 bits per heavy atom. The van der Waals surface area contributed by atoms with Crippen LogP contribution in [-0.4, -0.2) is 15.8 Å². The number of fused-ring (bicyclic) bond motifs is 18. The Hall–Kier alpha value is -12.8. The van der Waals surface area contributed by atoms with E-state index >= 15 is 0 Å². The van der Waals surface area contributed by atoms with E-state index in [0.29, 0.717) is 84.0 Å². The molecule has 15 aromatic carbocycles. The lowest BCUT2D eigenvalue weighted by atomic mass is 9.33. The summed E-state index contributed by atoms with van der Waals surface area (Å²) in [5.41, 5.74) is 7.91. The Kier molecular flexibility index (Phi) is 9.54. The first-order chi connectivity index (χ1) is 59.7. The highest BCUT2D eigenvalue weighted by Gasteiger charge is 2.46. The van der Waals surface area contributed by atoms with Crippen LogP contribution >= 0.6 is 0 Å². The van der Waals surface area contributed by atoms with Gasteiger partial charge in [-0.3, -0.25) is 0 Å². The van der Waals surface area contributed by atoms with Crippen molar-refractivity contribution in [1.29, 1.82) is 0 Å². The van der Waals surface area contributed by atoms with Gasteiger partial charge < -0.3 is 27.8 Å². The Morgan fingerprint density at radius 2 is 0.667 bits per heavy atom. The summed E-state index contributed by atoms with van der Waals surface area (Å²) in [5.74, 6) is 0. The fraction of sp³-hybridized carbons (Fsp3) is 0.0816. The van der Waals surface area contributed by atoms with Crippen LogP contribution in [0.4, 0.5) is 34.1 Å². The molecule has 0 N–H and O–H groups in total. The molecular formula is C98H71BN4O2. The lowest BCUT2D eigenvalue weighted by molar-refractivity contribution is 0.590. The van der Waals surface area contributed by atoms with Crippen molar-refractivity contribution in [3.63, 3.8) is 0 Å². The number of aromatic nitrogens is 2. The first-order valence-corrected chi connectivity index (χ1v) is 35.0. The Bertz CT molecular complexity index is 7370. The molecule has 0 unspecified atom stereocenters. The Balaban J connectivity index is 0.973. The van der Waals surface area contributed by atoms with E-state index in [9.17, 15) is 21.9 Å². The average molecular weight is 1370 g/mol. The van der Waals surface area contributed by atoms with Gasteiger partial charge in [-0.2, -0.15) is 0 Å². The van der Waals surface area contributed by atoms with Crippen LogP contribution in [0.25, 0.3) is 143 Å². The summed E-state index contributed by atoms with van der Waals surface area (Å²) in [6.45, 7) is 10.5. The molecule has 2 aliphatic heterocycles. The average Bonchev–Trinajstić information content (AvgIpc) is 0.813. The molecule has 0 saturated heterocycles. The van der Waals surface area contributed by atoms with Crippen molar-refractivity contribution in [3.8, 4) is 55.9 Å². The fourth-order valence-corrected chi connectivity index (χ4v) is 16.6. The number of benzene rings is 15. The molecule has 498 valence electrons. The van der Waals surface area contributed by atoms with E-state index in [1.807, 2.05) is 209 Å². The van der Waals surface area contributed by atoms with Crippen molar-refractivity contribution in [2.24, 2.45) is 0 Å². The Labute approximate surface area is 637 Å². The van der Waals surface area contributed by atoms with Crippen LogP contribution in [0.1, 0.15) is 80.1 Å². The second-order valence-electron chi connectivity index (χ2n) is 29.2. The normalized spacial score (nSPS) is 15.7. The maximum atomic E-state index is 10.1. The summed E-state index contributed by atoms with van der Waals surface area (Å²) in [5, 5.41) is 6.94. The summed E-state index contributed by atoms with van der Waals surface area (Å²) >= 11 is 0. The molecule has 0 aliphatic carbocycles. The largest absolute Gasteiger partial charge is 0.455 e. The number of furan rings is 2. The molecule has 0 atom stereocenters. The lowest BCUT2D eigenvalue weighted by Crippen LogP contribution is -2.61. The molecular weight excluding hydrogens is 1280 g/mol. The molecule has 0 saturated carbocycles. The molecule has 7 heteroatoms. The summed E-state index contributed by atoms with van der Waals surface area (Å²) in [6.07, 6.45) is 0. The number of hydrogen-bond donors (Lipinski definition) is 0. The van der Waals surface area contributed by atoms with E-state index in [2.05, 4.69) is 21.3 Å². The van der Waals surface area contributed by atoms with Crippen LogP contribution in [0.2, 0.25) is 0 Å². The van der Waals surface area contributed by atoms with Crippen LogP contribution < -0.4 is 26.2 Å². The van der Waals surface area contributed by atoms with Crippen LogP contribution in [0, 0.1) is 0 Å². The summed E-state index contributed by atoms with van der Waals surface area (Å²) < 4.78 is 212. The monoisotopic (exact) mass is 1370 g/mol. The number of hydrogen-bond acceptors (Lipinski definition) is 4. The first kappa shape index (κ1) is 43.9. The highest BCUT2D eigenvalue weighted by molar-refractivity contribution is 7.00. The predicted molar refractivity (Wildman–Crippen MR) is 443 cm³/mol. The minimum Gasteiger partial charge on any atom is -0.455 e. The van der Waals surface area contributed by atoms with Gasteiger partial charge in [0.1, 0.15) is 22.3 Å². The Morgan fingerprint density at radius 3 is 1.04 bits per heavy atom. The van der Waals surface area contributed by atoms with Gasteiger partial charge in [-0.1, -0.05) is 253 Å². The van der Waals surface area contributed by atoms with E-state index in [1.54, 1.807) is 30.3 Å². The molecule has 2 aliphatic rings. The molecule has 0 spiro atoms. The molecule has 6 nitrogen and oxygen atoms in total. The van der Waals surface area contributed by atoms with Gasteiger partial charge in [0.2, 0.25) is 0 Å².